The maximum atomic E-state index is 13.1. The molecule has 3 rings (SSSR count). The third-order valence-electron chi connectivity index (χ3n) is 3.19. The minimum atomic E-state index is -4.50. The van der Waals surface area contributed by atoms with Crippen LogP contribution in [0.15, 0.2) is 53.5 Å². The minimum Gasteiger partial charge on any atom is -0.493 e. The lowest BCUT2D eigenvalue weighted by Crippen LogP contribution is -2.13. The fraction of sp³-hybridized carbons (Fsp3) is 0.0667. The van der Waals surface area contributed by atoms with Crippen LogP contribution in [0.3, 0.4) is 0 Å². The van der Waals surface area contributed by atoms with Crippen molar-refractivity contribution in [2.24, 2.45) is 0 Å². The molecule has 0 spiro atoms. The van der Waals surface area contributed by atoms with E-state index >= 15 is 0 Å². The first-order valence-corrected chi connectivity index (χ1v) is 6.25. The van der Waals surface area contributed by atoms with E-state index in [4.69, 9.17) is 0 Å². The van der Waals surface area contributed by atoms with Crippen LogP contribution in [0.2, 0.25) is 0 Å². The molecule has 3 aromatic rings. The Morgan fingerprint density at radius 3 is 2.55 bits per heavy atom. The predicted octanol–water partition coefficient (Wildman–Crippen LogP) is 3.09. The second kappa shape index (κ2) is 4.87. The van der Waals surface area contributed by atoms with E-state index in [1.807, 2.05) is 0 Å². The van der Waals surface area contributed by atoms with Crippen molar-refractivity contribution >= 4 is 5.65 Å². The molecule has 1 N–H and O–H groups in total. The fourth-order valence-corrected chi connectivity index (χ4v) is 2.23. The lowest BCUT2D eigenvalue weighted by Gasteiger charge is -2.13. The summed E-state index contributed by atoms with van der Waals surface area (Å²) in [6.45, 7) is 0. The van der Waals surface area contributed by atoms with Crippen molar-refractivity contribution in [2.45, 2.75) is 6.18 Å². The van der Waals surface area contributed by atoms with E-state index in [1.54, 1.807) is 0 Å². The largest absolute Gasteiger partial charge is 0.493 e. The number of aromatic nitrogens is 2. The van der Waals surface area contributed by atoms with E-state index in [0.29, 0.717) is 0 Å². The molecule has 0 atom stereocenters. The molecule has 7 heteroatoms. The van der Waals surface area contributed by atoms with Gasteiger partial charge in [0.2, 0.25) is 5.88 Å². The molecule has 0 amide bonds. The lowest BCUT2D eigenvalue weighted by molar-refractivity contribution is -0.137. The molecule has 0 fully saturated rings. The molecule has 0 saturated heterocycles. The van der Waals surface area contributed by atoms with Crippen molar-refractivity contribution in [1.82, 2.24) is 9.38 Å². The second-order valence-corrected chi connectivity index (χ2v) is 4.64. The molecule has 0 aliphatic carbocycles. The molecule has 0 aliphatic rings. The van der Waals surface area contributed by atoms with Gasteiger partial charge in [-0.05, 0) is 29.3 Å². The molecule has 0 bridgehead atoms. The van der Waals surface area contributed by atoms with Crippen LogP contribution in [0.5, 0.6) is 5.88 Å². The van der Waals surface area contributed by atoms with E-state index in [0.717, 1.165) is 16.5 Å². The molecule has 1 aromatic carbocycles. The van der Waals surface area contributed by atoms with Gasteiger partial charge in [0.15, 0.2) is 0 Å². The third kappa shape index (κ3) is 2.41. The molecule has 0 radical (unpaired) electrons. The monoisotopic (exact) mass is 306 g/mol. The molecule has 112 valence electrons. The van der Waals surface area contributed by atoms with E-state index in [2.05, 4.69) is 4.98 Å². The Bertz CT molecular complexity index is 917. The Hall–Kier alpha value is -2.83. The highest BCUT2D eigenvalue weighted by atomic mass is 19.4. The molecule has 22 heavy (non-hydrogen) atoms. The predicted molar refractivity (Wildman–Crippen MR) is 73.6 cm³/mol. The number of hydrogen-bond acceptors (Lipinski definition) is 3. The smallest absolute Gasteiger partial charge is 0.417 e. The zero-order valence-corrected chi connectivity index (χ0v) is 11.0. The van der Waals surface area contributed by atoms with Crippen molar-refractivity contribution in [2.75, 3.05) is 0 Å². The first-order valence-electron chi connectivity index (χ1n) is 6.25. The van der Waals surface area contributed by atoms with Crippen LogP contribution in [-0.4, -0.2) is 14.5 Å². The van der Waals surface area contributed by atoms with Crippen molar-refractivity contribution in [3.8, 4) is 17.0 Å². The number of pyridine rings is 1. The van der Waals surface area contributed by atoms with Gasteiger partial charge >= 0.3 is 6.18 Å². The first-order chi connectivity index (χ1) is 10.4. The van der Waals surface area contributed by atoms with Crippen molar-refractivity contribution in [3.63, 3.8) is 0 Å². The number of benzene rings is 1. The van der Waals surface area contributed by atoms with Crippen LogP contribution in [-0.2, 0) is 6.18 Å². The Morgan fingerprint density at radius 1 is 1.09 bits per heavy atom. The van der Waals surface area contributed by atoms with Gasteiger partial charge in [-0.25, -0.2) is 0 Å². The summed E-state index contributed by atoms with van der Waals surface area (Å²) >= 11 is 0. The molecule has 2 aromatic heterocycles. The Kier molecular flexibility index (Phi) is 3.13. The number of nitrogens with zero attached hydrogens (tertiary/aromatic N) is 2. The summed E-state index contributed by atoms with van der Waals surface area (Å²) in [6, 6.07) is 8.81. The number of aromatic hydroxyl groups is 1. The molecular formula is C15H9F3N2O2. The average Bonchev–Trinajstić information content (AvgIpc) is 2.46. The molecule has 2 heterocycles. The molecule has 4 nitrogen and oxygen atoms in total. The molecule has 0 unspecified atom stereocenters. The number of halogens is 3. The van der Waals surface area contributed by atoms with Gasteiger partial charge in [-0.2, -0.15) is 18.2 Å². The van der Waals surface area contributed by atoms with Crippen molar-refractivity contribution in [1.29, 1.82) is 0 Å². The maximum Gasteiger partial charge on any atom is 0.417 e. The molecule has 0 saturated carbocycles. The topological polar surface area (TPSA) is 54.6 Å². The van der Waals surface area contributed by atoms with Gasteiger partial charge in [0.25, 0.3) is 5.56 Å². The van der Waals surface area contributed by atoms with Gasteiger partial charge < -0.3 is 5.11 Å². The zero-order chi connectivity index (χ0) is 15.9. The van der Waals surface area contributed by atoms with E-state index in [9.17, 15) is 23.1 Å². The summed E-state index contributed by atoms with van der Waals surface area (Å²) in [5.74, 6) is -0.437. The van der Waals surface area contributed by atoms with Crippen LogP contribution in [0.25, 0.3) is 16.8 Å². The summed E-state index contributed by atoms with van der Waals surface area (Å²) in [4.78, 5) is 15.5. The summed E-state index contributed by atoms with van der Waals surface area (Å²) < 4.78 is 40.3. The van der Waals surface area contributed by atoms with Crippen molar-refractivity contribution in [3.05, 3.63) is 64.6 Å². The van der Waals surface area contributed by atoms with Gasteiger partial charge in [-0.3, -0.25) is 9.20 Å². The van der Waals surface area contributed by atoms with Gasteiger partial charge in [-0.1, -0.05) is 18.2 Å². The van der Waals surface area contributed by atoms with Crippen LogP contribution < -0.4 is 5.56 Å². The Labute approximate surface area is 122 Å². The summed E-state index contributed by atoms with van der Waals surface area (Å²) in [6.07, 6.45) is -3.22. The average molecular weight is 306 g/mol. The van der Waals surface area contributed by atoms with Gasteiger partial charge in [0, 0.05) is 6.20 Å². The highest BCUT2D eigenvalue weighted by Gasteiger charge is 2.33. The number of hydrogen-bond donors (Lipinski definition) is 1. The van der Waals surface area contributed by atoms with E-state index < -0.39 is 23.2 Å². The summed E-state index contributed by atoms with van der Waals surface area (Å²) in [7, 11) is 0. The highest BCUT2D eigenvalue weighted by Crippen LogP contribution is 2.36. The van der Waals surface area contributed by atoms with Gasteiger partial charge in [0.05, 0.1) is 11.6 Å². The number of fused-ring (bicyclic) bond motifs is 1. The summed E-state index contributed by atoms with van der Waals surface area (Å²) in [5.41, 5.74) is -1.01. The first kappa shape index (κ1) is 14.1. The van der Waals surface area contributed by atoms with Crippen LogP contribution in [0.4, 0.5) is 13.2 Å². The SMILES string of the molecule is O=c1cc(O)nc2ccc(-c3ccccc3C(F)(F)F)cn12. The third-order valence-corrected chi connectivity index (χ3v) is 3.19. The highest BCUT2D eigenvalue weighted by molar-refractivity contribution is 5.68. The summed E-state index contributed by atoms with van der Waals surface area (Å²) in [5, 5.41) is 9.27. The molecule has 0 aliphatic heterocycles. The normalized spacial score (nSPS) is 11.8. The van der Waals surface area contributed by atoms with Gasteiger partial charge in [-0.15, -0.1) is 0 Å². The lowest BCUT2D eigenvalue weighted by atomic mass is 10.0. The van der Waals surface area contributed by atoms with Crippen LogP contribution in [0.1, 0.15) is 5.56 Å². The quantitative estimate of drug-likeness (QED) is 0.751. The van der Waals surface area contributed by atoms with E-state index in [1.165, 1.54) is 36.5 Å². The van der Waals surface area contributed by atoms with Gasteiger partial charge in [0.1, 0.15) is 5.65 Å². The Balaban J connectivity index is 2.27. The minimum absolute atomic E-state index is 0.0307. The van der Waals surface area contributed by atoms with E-state index in [-0.39, 0.29) is 16.8 Å². The van der Waals surface area contributed by atoms with Crippen LogP contribution >= 0.6 is 0 Å². The second-order valence-electron chi connectivity index (χ2n) is 4.64. The standard InChI is InChI=1S/C15H9F3N2O2/c16-15(17,18)11-4-2-1-3-10(11)9-5-6-12-19-13(21)7-14(22)20(12)8-9/h1-8,21H. The number of rotatable bonds is 1. The molecular weight excluding hydrogens is 297 g/mol. The Morgan fingerprint density at radius 2 is 1.82 bits per heavy atom. The zero-order valence-electron chi connectivity index (χ0n) is 11.0. The maximum absolute atomic E-state index is 13.1. The fourth-order valence-electron chi connectivity index (χ4n) is 2.23. The number of alkyl halides is 3. The van der Waals surface area contributed by atoms with Crippen LogP contribution in [0, 0.1) is 0 Å². The van der Waals surface area contributed by atoms with Crippen molar-refractivity contribution < 1.29 is 18.3 Å².